The lowest BCUT2D eigenvalue weighted by Crippen LogP contribution is -2.13. The van der Waals surface area contributed by atoms with Gasteiger partial charge in [-0.2, -0.15) is 0 Å². The summed E-state index contributed by atoms with van der Waals surface area (Å²) >= 11 is 0. The number of nitrogens with two attached hydrogens (primary N) is 1. The first-order valence-electron chi connectivity index (χ1n) is 7.81. The maximum Gasteiger partial charge on any atom is 0.339 e. The average molecular weight is 384 g/mol. The van der Waals surface area contributed by atoms with Crippen molar-refractivity contribution in [3.8, 4) is 16.9 Å². The van der Waals surface area contributed by atoms with E-state index in [0.29, 0.717) is 11.3 Å². The number of aromatic carboxylic acids is 1. The minimum atomic E-state index is -3.94. The van der Waals surface area contributed by atoms with E-state index >= 15 is 0 Å². The maximum atomic E-state index is 12.6. The normalized spacial score (nSPS) is 11.1. The molecule has 7 nitrogen and oxygen atoms in total. The summed E-state index contributed by atoms with van der Waals surface area (Å²) in [4.78, 5) is 10.9. The van der Waals surface area contributed by atoms with E-state index in [1.165, 1.54) is 18.2 Å². The van der Waals surface area contributed by atoms with Crippen molar-refractivity contribution >= 4 is 27.4 Å². The van der Waals surface area contributed by atoms with Crippen LogP contribution in [0, 0.1) is 0 Å². The molecule has 0 aromatic heterocycles. The topological polar surface area (TPSA) is 130 Å². The fourth-order valence-electron chi connectivity index (χ4n) is 2.55. The Morgan fingerprint density at radius 1 is 0.926 bits per heavy atom. The van der Waals surface area contributed by atoms with E-state index in [9.17, 15) is 18.3 Å². The number of anilines is 2. The summed E-state index contributed by atoms with van der Waals surface area (Å²) in [7, 11) is -3.94. The number of benzene rings is 3. The van der Waals surface area contributed by atoms with Gasteiger partial charge >= 0.3 is 5.97 Å². The average Bonchev–Trinajstić information content (AvgIpc) is 2.61. The quantitative estimate of drug-likeness (QED) is 0.500. The van der Waals surface area contributed by atoms with Crippen molar-refractivity contribution in [3.05, 3.63) is 72.3 Å². The Labute approximate surface area is 155 Å². The van der Waals surface area contributed by atoms with Gasteiger partial charge in [-0.25, -0.2) is 13.2 Å². The van der Waals surface area contributed by atoms with Crippen LogP contribution in [-0.4, -0.2) is 24.6 Å². The Morgan fingerprint density at radius 3 is 2.22 bits per heavy atom. The molecule has 0 amide bonds. The van der Waals surface area contributed by atoms with E-state index in [1.54, 1.807) is 30.3 Å². The summed E-state index contributed by atoms with van der Waals surface area (Å²) in [6.45, 7) is 0. The Kier molecular flexibility index (Phi) is 4.74. The van der Waals surface area contributed by atoms with Crippen molar-refractivity contribution in [1.29, 1.82) is 0 Å². The number of nitrogens with one attached hydrogen (secondary N) is 1. The first-order chi connectivity index (χ1) is 12.8. The molecule has 3 rings (SSSR count). The molecule has 0 unspecified atom stereocenters. The first kappa shape index (κ1) is 18.3. The van der Waals surface area contributed by atoms with Gasteiger partial charge in [0.1, 0.15) is 11.3 Å². The van der Waals surface area contributed by atoms with Gasteiger partial charge in [0.2, 0.25) is 0 Å². The molecule has 8 heteroatoms. The molecular weight excluding hydrogens is 368 g/mol. The number of rotatable bonds is 5. The molecule has 27 heavy (non-hydrogen) atoms. The lowest BCUT2D eigenvalue weighted by Gasteiger charge is -2.11. The predicted octanol–water partition coefficient (Wildman–Crippen LogP) is 3.14. The number of carboxylic acid groups (broad SMARTS) is 1. The minimum Gasteiger partial charge on any atom is -0.507 e. The molecule has 0 heterocycles. The van der Waals surface area contributed by atoms with Crippen molar-refractivity contribution in [2.75, 3.05) is 10.5 Å². The molecule has 0 atom stereocenters. The molecule has 0 saturated heterocycles. The summed E-state index contributed by atoms with van der Waals surface area (Å²) in [5, 5.41) is 18.6. The molecule has 0 aliphatic rings. The third-order valence-electron chi connectivity index (χ3n) is 3.84. The lowest BCUT2D eigenvalue weighted by atomic mass is 10.1. The monoisotopic (exact) mass is 384 g/mol. The van der Waals surface area contributed by atoms with Gasteiger partial charge in [-0.05, 0) is 47.5 Å². The Balaban J connectivity index is 1.93. The molecule has 0 aliphatic heterocycles. The highest BCUT2D eigenvalue weighted by Crippen LogP contribution is 2.27. The van der Waals surface area contributed by atoms with Crippen LogP contribution in [0.1, 0.15) is 10.4 Å². The third-order valence-corrected chi connectivity index (χ3v) is 5.22. The standard InChI is InChI=1S/C19H16N2O5S/c20-14-5-1-3-12(9-14)13-4-2-6-16(10-13)27(25,26)21-15-7-8-17(19(23)24)18(22)11-15/h1-11,21-22H,20H2,(H,23,24). The number of nitrogen functional groups attached to an aromatic ring is 1. The highest BCUT2D eigenvalue weighted by atomic mass is 32.2. The fourth-order valence-corrected chi connectivity index (χ4v) is 3.65. The summed E-state index contributed by atoms with van der Waals surface area (Å²) < 4.78 is 27.6. The smallest absolute Gasteiger partial charge is 0.339 e. The Morgan fingerprint density at radius 2 is 1.59 bits per heavy atom. The largest absolute Gasteiger partial charge is 0.507 e. The van der Waals surface area contributed by atoms with Crippen LogP contribution in [0.15, 0.2) is 71.6 Å². The SMILES string of the molecule is Nc1cccc(-c2cccc(S(=O)(=O)Nc3ccc(C(=O)O)c(O)c3)c2)c1. The summed E-state index contributed by atoms with van der Waals surface area (Å²) in [5.74, 6) is -1.84. The van der Waals surface area contributed by atoms with Gasteiger partial charge < -0.3 is 15.9 Å². The molecule has 5 N–H and O–H groups in total. The zero-order valence-electron chi connectivity index (χ0n) is 14.0. The second-order valence-electron chi connectivity index (χ2n) is 5.80. The van der Waals surface area contributed by atoms with E-state index in [0.717, 1.165) is 17.7 Å². The maximum absolute atomic E-state index is 12.6. The van der Waals surface area contributed by atoms with Gasteiger partial charge in [0.05, 0.1) is 10.6 Å². The van der Waals surface area contributed by atoms with E-state index in [-0.39, 0.29) is 16.1 Å². The molecule has 3 aromatic carbocycles. The number of hydrogen-bond donors (Lipinski definition) is 4. The number of sulfonamides is 1. The summed E-state index contributed by atoms with van der Waals surface area (Å²) in [5.41, 5.74) is 7.52. The zero-order chi connectivity index (χ0) is 19.6. The molecule has 0 aliphatic carbocycles. The molecule has 138 valence electrons. The molecule has 0 radical (unpaired) electrons. The van der Waals surface area contributed by atoms with Crippen LogP contribution < -0.4 is 10.5 Å². The first-order valence-corrected chi connectivity index (χ1v) is 9.30. The molecule has 0 saturated carbocycles. The predicted molar refractivity (Wildman–Crippen MR) is 102 cm³/mol. The van der Waals surface area contributed by atoms with Crippen LogP contribution in [-0.2, 0) is 10.0 Å². The van der Waals surface area contributed by atoms with E-state index in [4.69, 9.17) is 10.8 Å². The summed E-state index contributed by atoms with van der Waals surface area (Å²) in [6.07, 6.45) is 0. The van der Waals surface area contributed by atoms with Crippen molar-refractivity contribution < 1.29 is 23.4 Å². The van der Waals surface area contributed by atoms with Gasteiger partial charge in [-0.1, -0.05) is 24.3 Å². The molecular formula is C19H16N2O5S. The van der Waals surface area contributed by atoms with Crippen molar-refractivity contribution in [1.82, 2.24) is 0 Å². The van der Waals surface area contributed by atoms with Crippen molar-refractivity contribution in [3.63, 3.8) is 0 Å². The molecule has 0 bridgehead atoms. The fraction of sp³-hybridized carbons (Fsp3) is 0. The van der Waals surface area contributed by atoms with Gasteiger partial charge in [0.15, 0.2) is 0 Å². The van der Waals surface area contributed by atoms with Crippen LogP contribution >= 0.6 is 0 Å². The summed E-state index contributed by atoms with van der Waals surface area (Å²) in [6, 6.07) is 16.8. The van der Waals surface area contributed by atoms with Crippen LogP contribution in [0.2, 0.25) is 0 Å². The van der Waals surface area contributed by atoms with Crippen LogP contribution in [0.5, 0.6) is 5.75 Å². The molecule has 0 fully saturated rings. The van der Waals surface area contributed by atoms with Crippen LogP contribution in [0.4, 0.5) is 11.4 Å². The second kappa shape index (κ2) is 7.00. The minimum absolute atomic E-state index is 0.0178. The van der Waals surface area contributed by atoms with Crippen molar-refractivity contribution in [2.45, 2.75) is 4.90 Å². The number of carbonyl (C=O) groups is 1. The van der Waals surface area contributed by atoms with E-state index in [1.807, 2.05) is 6.07 Å². The Hall–Kier alpha value is -3.52. The zero-order valence-corrected chi connectivity index (χ0v) is 14.8. The second-order valence-corrected chi connectivity index (χ2v) is 7.48. The van der Waals surface area contributed by atoms with E-state index < -0.39 is 21.7 Å². The van der Waals surface area contributed by atoms with E-state index in [2.05, 4.69) is 4.72 Å². The van der Waals surface area contributed by atoms with Crippen LogP contribution in [0.25, 0.3) is 11.1 Å². The van der Waals surface area contributed by atoms with Crippen LogP contribution in [0.3, 0.4) is 0 Å². The van der Waals surface area contributed by atoms with Gasteiger partial charge in [0, 0.05) is 11.8 Å². The number of hydrogen-bond acceptors (Lipinski definition) is 5. The highest BCUT2D eigenvalue weighted by molar-refractivity contribution is 7.92. The lowest BCUT2D eigenvalue weighted by molar-refractivity contribution is 0.0694. The van der Waals surface area contributed by atoms with Gasteiger partial charge in [-0.15, -0.1) is 0 Å². The molecule has 0 spiro atoms. The van der Waals surface area contributed by atoms with Gasteiger partial charge in [0.25, 0.3) is 10.0 Å². The Bertz CT molecular complexity index is 1130. The molecule has 3 aromatic rings. The number of aromatic hydroxyl groups is 1. The third kappa shape index (κ3) is 4.01. The van der Waals surface area contributed by atoms with Gasteiger partial charge in [-0.3, -0.25) is 4.72 Å². The number of carboxylic acids is 1. The number of phenols is 1. The highest BCUT2D eigenvalue weighted by Gasteiger charge is 2.17. The van der Waals surface area contributed by atoms with Crippen molar-refractivity contribution in [2.24, 2.45) is 0 Å².